The smallest absolute Gasteiger partial charge is 0.251 e. The van der Waals surface area contributed by atoms with Gasteiger partial charge in [-0.25, -0.2) is 5.06 Å². The van der Waals surface area contributed by atoms with Crippen molar-refractivity contribution in [2.75, 3.05) is 21.3 Å². The quantitative estimate of drug-likeness (QED) is 0.552. The largest absolute Gasteiger partial charge is 0.388 e. The molecule has 106 valence electrons. The maximum atomic E-state index is 12.0. The van der Waals surface area contributed by atoms with E-state index in [2.05, 4.69) is 6.58 Å². The molecule has 0 aliphatic rings. The highest BCUT2D eigenvalue weighted by molar-refractivity contribution is 5.77. The number of carbonyl (C=O) groups is 1. The van der Waals surface area contributed by atoms with Gasteiger partial charge in [-0.2, -0.15) is 0 Å². The second kappa shape index (κ2) is 7.51. The molecule has 0 aromatic carbocycles. The van der Waals surface area contributed by atoms with E-state index in [1.165, 1.54) is 14.2 Å². The summed E-state index contributed by atoms with van der Waals surface area (Å²) in [7, 11) is 4.51. The molecule has 0 rings (SSSR count). The number of amides is 1. The number of rotatable bonds is 7. The van der Waals surface area contributed by atoms with Crippen molar-refractivity contribution in [1.82, 2.24) is 5.06 Å². The molecule has 0 saturated heterocycles. The Bertz CT molecular complexity index is 293. The Balaban J connectivity index is 4.86. The highest BCUT2D eigenvalue weighted by Gasteiger charge is 2.34. The van der Waals surface area contributed by atoms with E-state index in [-0.39, 0.29) is 11.8 Å². The summed E-state index contributed by atoms with van der Waals surface area (Å²) in [6.45, 7) is 9.07. The molecule has 0 radical (unpaired) electrons. The number of methoxy groups -OCH3 is 1. The molecule has 0 aliphatic heterocycles. The molecule has 1 N–H and O–H groups in total. The number of hydroxylamine groups is 2. The molecule has 0 saturated carbocycles. The Hall–Kier alpha value is -0.910. The standard InChI is InChI=1S/C13H25NO4/c1-8(2)11(15)9(3)12(17-6)10(4)13(16)14(5)18-7/h9-12,15H,1H2,2-7H3/t9-,10+,11+,12-/m0/s1. The first kappa shape index (κ1) is 17.1. The molecular formula is C13H25NO4. The van der Waals surface area contributed by atoms with E-state index in [0.29, 0.717) is 5.57 Å². The van der Waals surface area contributed by atoms with Crippen molar-refractivity contribution in [1.29, 1.82) is 0 Å². The third-order valence-electron chi connectivity index (χ3n) is 3.26. The maximum Gasteiger partial charge on any atom is 0.251 e. The fourth-order valence-electron chi connectivity index (χ4n) is 2.02. The molecule has 4 atom stereocenters. The fourth-order valence-corrected chi connectivity index (χ4v) is 2.02. The van der Waals surface area contributed by atoms with Gasteiger partial charge >= 0.3 is 0 Å². The first-order valence-electron chi connectivity index (χ1n) is 5.95. The highest BCUT2D eigenvalue weighted by atomic mass is 16.7. The Morgan fingerprint density at radius 3 is 2.17 bits per heavy atom. The van der Waals surface area contributed by atoms with E-state index in [9.17, 15) is 9.90 Å². The number of aliphatic hydroxyl groups excluding tert-OH is 1. The van der Waals surface area contributed by atoms with Crippen LogP contribution < -0.4 is 0 Å². The normalized spacial score (nSPS) is 17.7. The second-order valence-electron chi connectivity index (χ2n) is 4.66. The predicted molar refractivity (Wildman–Crippen MR) is 69.7 cm³/mol. The molecule has 5 heteroatoms. The number of carbonyl (C=O) groups excluding carboxylic acids is 1. The third-order valence-corrected chi connectivity index (χ3v) is 3.26. The minimum atomic E-state index is -0.696. The summed E-state index contributed by atoms with van der Waals surface area (Å²) < 4.78 is 5.36. The number of hydrogen-bond donors (Lipinski definition) is 1. The van der Waals surface area contributed by atoms with Gasteiger partial charge in [-0.1, -0.05) is 26.0 Å². The zero-order valence-corrected chi connectivity index (χ0v) is 12.1. The van der Waals surface area contributed by atoms with Gasteiger partial charge in [-0.3, -0.25) is 9.63 Å². The molecule has 0 spiro atoms. The minimum Gasteiger partial charge on any atom is -0.388 e. The van der Waals surface area contributed by atoms with E-state index >= 15 is 0 Å². The average molecular weight is 259 g/mol. The maximum absolute atomic E-state index is 12.0. The van der Waals surface area contributed by atoms with E-state index in [1.807, 2.05) is 6.92 Å². The van der Waals surface area contributed by atoms with Crippen molar-refractivity contribution in [2.45, 2.75) is 33.0 Å². The second-order valence-corrected chi connectivity index (χ2v) is 4.66. The van der Waals surface area contributed by atoms with Crippen LogP contribution in [0.5, 0.6) is 0 Å². The predicted octanol–water partition coefficient (Wildman–Crippen LogP) is 1.23. The lowest BCUT2D eigenvalue weighted by atomic mass is 9.86. The zero-order chi connectivity index (χ0) is 14.5. The first-order chi connectivity index (χ1) is 8.27. The highest BCUT2D eigenvalue weighted by Crippen LogP contribution is 2.24. The average Bonchev–Trinajstić information content (AvgIpc) is 2.35. The molecule has 0 bridgehead atoms. The Morgan fingerprint density at radius 1 is 1.33 bits per heavy atom. The number of hydrogen-bond acceptors (Lipinski definition) is 4. The van der Waals surface area contributed by atoms with Crippen LogP contribution >= 0.6 is 0 Å². The lowest BCUT2D eigenvalue weighted by molar-refractivity contribution is -0.179. The van der Waals surface area contributed by atoms with Crippen LogP contribution in [0.1, 0.15) is 20.8 Å². The molecule has 1 amide bonds. The van der Waals surface area contributed by atoms with Gasteiger partial charge in [0.2, 0.25) is 0 Å². The molecule has 0 aromatic rings. The molecule has 0 aliphatic carbocycles. The van der Waals surface area contributed by atoms with Gasteiger partial charge in [0.15, 0.2) is 0 Å². The summed E-state index contributed by atoms with van der Waals surface area (Å²) in [5.74, 6) is -0.828. The SMILES string of the molecule is C=C(C)[C@@H](O)[C@H](C)[C@H](OC)[C@@H](C)C(=O)N(C)OC. The third kappa shape index (κ3) is 4.08. The van der Waals surface area contributed by atoms with Gasteiger partial charge in [0.1, 0.15) is 0 Å². The van der Waals surface area contributed by atoms with Crippen LogP contribution in [0.25, 0.3) is 0 Å². The lowest BCUT2D eigenvalue weighted by Crippen LogP contribution is -2.43. The van der Waals surface area contributed by atoms with E-state index < -0.39 is 18.1 Å². The molecular weight excluding hydrogens is 234 g/mol. The number of ether oxygens (including phenoxy) is 1. The van der Waals surface area contributed by atoms with Crippen LogP contribution in [0.3, 0.4) is 0 Å². The Morgan fingerprint density at radius 2 is 1.83 bits per heavy atom. The summed E-state index contributed by atoms with van der Waals surface area (Å²) in [6, 6.07) is 0. The summed E-state index contributed by atoms with van der Waals surface area (Å²) in [5, 5.41) is 11.2. The van der Waals surface area contributed by atoms with Gasteiger partial charge < -0.3 is 9.84 Å². The van der Waals surface area contributed by atoms with Gasteiger partial charge in [-0.05, 0) is 6.92 Å². The first-order valence-corrected chi connectivity index (χ1v) is 5.95. The summed E-state index contributed by atoms with van der Waals surface area (Å²) >= 11 is 0. The molecule has 0 heterocycles. The van der Waals surface area contributed by atoms with Gasteiger partial charge in [-0.15, -0.1) is 0 Å². The van der Waals surface area contributed by atoms with E-state index in [4.69, 9.17) is 9.57 Å². The van der Waals surface area contributed by atoms with Crippen molar-refractivity contribution < 1.29 is 19.5 Å². The van der Waals surface area contributed by atoms with Crippen molar-refractivity contribution in [3.05, 3.63) is 12.2 Å². The zero-order valence-electron chi connectivity index (χ0n) is 12.1. The van der Waals surface area contributed by atoms with Gasteiger partial charge in [0.25, 0.3) is 5.91 Å². The van der Waals surface area contributed by atoms with Crippen molar-refractivity contribution in [3.63, 3.8) is 0 Å². The molecule has 0 aromatic heterocycles. The summed E-state index contributed by atoms with van der Waals surface area (Å²) in [5.41, 5.74) is 0.657. The lowest BCUT2D eigenvalue weighted by Gasteiger charge is -2.32. The van der Waals surface area contributed by atoms with Crippen molar-refractivity contribution >= 4 is 5.91 Å². The molecule has 18 heavy (non-hydrogen) atoms. The summed E-state index contributed by atoms with van der Waals surface area (Å²) in [4.78, 5) is 16.9. The van der Waals surface area contributed by atoms with E-state index in [1.54, 1.807) is 20.9 Å². The molecule has 5 nitrogen and oxygen atoms in total. The molecule has 0 fully saturated rings. The topological polar surface area (TPSA) is 59.0 Å². The number of nitrogens with zero attached hydrogens (tertiary/aromatic N) is 1. The Labute approximate surface area is 109 Å². The fraction of sp³-hybridized carbons (Fsp3) is 0.769. The van der Waals surface area contributed by atoms with E-state index in [0.717, 1.165) is 5.06 Å². The number of aliphatic hydroxyl groups is 1. The van der Waals surface area contributed by atoms with Crippen molar-refractivity contribution in [2.24, 2.45) is 11.8 Å². The van der Waals surface area contributed by atoms with Crippen molar-refractivity contribution in [3.8, 4) is 0 Å². The van der Waals surface area contributed by atoms with Gasteiger partial charge in [0, 0.05) is 20.1 Å². The van der Waals surface area contributed by atoms with Crippen LogP contribution in [0.15, 0.2) is 12.2 Å². The van der Waals surface area contributed by atoms with Crippen LogP contribution in [0, 0.1) is 11.8 Å². The van der Waals surface area contributed by atoms with Crippen LogP contribution in [0.2, 0.25) is 0 Å². The molecule has 0 unspecified atom stereocenters. The van der Waals surface area contributed by atoms with Crippen LogP contribution in [0.4, 0.5) is 0 Å². The minimum absolute atomic E-state index is 0.190. The van der Waals surface area contributed by atoms with Gasteiger partial charge in [0.05, 0.1) is 25.2 Å². The van der Waals surface area contributed by atoms with Crippen LogP contribution in [-0.4, -0.2) is 49.6 Å². The summed E-state index contributed by atoms with van der Waals surface area (Å²) in [6.07, 6.45) is -1.10. The Kier molecular flexibility index (Phi) is 7.13. The van der Waals surface area contributed by atoms with Crippen LogP contribution in [-0.2, 0) is 14.4 Å². The monoisotopic (exact) mass is 259 g/mol.